The van der Waals surface area contributed by atoms with E-state index in [1.807, 2.05) is 0 Å². The number of carbonyl (C=O) groups excluding carboxylic acids is 1. The van der Waals surface area contributed by atoms with Crippen LogP contribution in [0.25, 0.3) is 0 Å². The summed E-state index contributed by atoms with van der Waals surface area (Å²) in [5, 5.41) is 0. The van der Waals surface area contributed by atoms with Crippen LogP contribution in [-0.2, 0) is 14.3 Å². The number of hydrogen-bond donors (Lipinski definition) is 0. The topological polar surface area (TPSA) is 35.5 Å². The highest BCUT2D eigenvalue weighted by Gasteiger charge is 2.57. The van der Waals surface area contributed by atoms with Gasteiger partial charge >= 0.3 is 5.97 Å². The van der Waals surface area contributed by atoms with Gasteiger partial charge in [-0.25, -0.2) is 4.79 Å². The average molecular weight is 264 g/mol. The van der Waals surface area contributed by atoms with Crippen molar-refractivity contribution in [3.8, 4) is 0 Å². The molecule has 0 aromatic heterocycles. The molecule has 0 aromatic carbocycles. The lowest BCUT2D eigenvalue weighted by atomic mass is 9.50. The molecule has 4 fully saturated rings. The Morgan fingerprint density at radius 3 is 2.16 bits per heavy atom. The third kappa shape index (κ3) is 2.12. The van der Waals surface area contributed by atoms with Gasteiger partial charge < -0.3 is 9.47 Å². The Hall–Kier alpha value is -0.830. The van der Waals surface area contributed by atoms with Crippen LogP contribution in [0, 0.1) is 23.7 Å². The number of carbonyl (C=O) groups is 1. The van der Waals surface area contributed by atoms with Crippen LogP contribution in [-0.4, -0.2) is 25.3 Å². The van der Waals surface area contributed by atoms with Crippen LogP contribution in [0.5, 0.6) is 0 Å². The maximum Gasteiger partial charge on any atom is 0.336 e. The fraction of sp³-hybridized carbons (Fsp3) is 0.812. The Kier molecular flexibility index (Phi) is 3.20. The van der Waals surface area contributed by atoms with Crippen LogP contribution < -0.4 is 0 Å². The molecule has 0 unspecified atom stereocenters. The minimum absolute atomic E-state index is 0.259. The Morgan fingerprint density at radius 2 is 1.68 bits per heavy atom. The third-order valence-corrected chi connectivity index (χ3v) is 5.68. The highest BCUT2D eigenvalue weighted by atomic mass is 16.6. The highest BCUT2D eigenvalue weighted by molar-refractivity contribution is 5.88. The molecule has 4 aliphatic rings. The van der Waals surface area contributed by atoms with E-state index >= 15 is 0 Å². The van der Waals surface area contributed by atoms with Gasteiger partial charge in [-0.2, -0.15) is 0 Å². The Bertz CT molecular complexity index is 371. The Labute approximate surface area is 115 Å². The standard InChI is InChI=1S/C16H24O3/c1-10(9-18-3)15(17)19-16(2)13-5-11-4-12(7-13)8-14(16)6-11/h11-14H,1,4-9H2,2-3H3. The van der Waals surface area contributed by atoms with E-state index in [-0.39, 0.29) is 18.2 Å². The van der Waals surface area contributed by atoms with E-state index in [1.165, 1.54) is 32.1 Å². The Balaban J connectivity index is 1.73. The Morgan fingerprint density at radius 1 is 1.16 bits per heavy atom. The van der Waals surface area contributed by atoms with E-state index in [0.717, 1.165) is 11.8 Å². The fourth-order valence-electron chi connectivity index (χ4n) is 4.79. The molecular formula is C16H24O3. The molecule has 0 atom stereocenters. The van der Waals surface area contributed by atoms with Crippen LogP contribution >= 0.6 is 0 Å². The summed E-state index contributed by atoms with van der Waals surface area (Å²) in [4.78, 5) is 12.1. The number of hydrogen-bond acceptors (Lipinski definition) is 3. The van der Waals surface area contributed by atoms with Gasteiger partial charge in [0.15, 0.2) is 0 Å². The molecule has 4 bridgehead atoms. The molecule has 0 amide bonds. The first-order valence-electron chi connectivity index (χ1n) is 7.43. The molecule has 0 aliphatic heterocycles. The second kappa shape index (κ2) is 4.62. The van der Waals surface area contributed by atoms with Crippen molar-refractivity contribution >= 4 is 5.97 Å². The summed E-state index contributed by atoms with van der Waals surface area (Å²) in [5.74, 6) is 2.62. The van der Waals surface area contributed by atoms with E-state index in [4.69, 9.17) is 9.47 Å². The minimum Gasteiger partial charge on any atom is -0.455 e. The van der Waals surface area contributed by atoms with Crippen molar-refractivity contribution in [2.45, 2.75) is 44.6 Å². The molecule has 4 aliphatic carbocycles. The van der Waals surface area contributed by atoms with Gasteiger partial charge in [0, 0.05) is 7.11 Å². The second-order valence-electron chi connectivity index (χ2n) is 6.91. The van der Waals surface area contributed by atoms with Crippen LogP contribution in [0.1, 0.15) is 39.0 Å². The van der Waals surface area contributed by atoms with Gasteiger partial charge in [-0.15, -0.1) is 0 Å². The summed E-state index contributed by atoms with van der Waals surface area (Å²) in [6.45, 7) is 6.17. The maximum absolute atomic E-state index is 12.1. The zero-order valence-electron chi connectivity index (χ0n) is 12.0. The summed E-state index contributed by atoms with van der Waals surface area (Å²) in [6.07, 6.45) is 6.38. The van der Waals surface area contributed by atoms with Gasteiger partial charge in [-0.1, -0.05) is 6.58 Å². The number of methoxy groups -OCH3 is 1. The third-order valence-electron chi connectivity index (χ3n) is 5.68. The lowest BCUT2D eigenvalue weighted by Gasteiger charge is -2.59. The molecule has 3 heteroatoms. The quantitative estimate of drug-likeness (QED) is 0.578. The van der Waals surface area contributed by atoms with Crippen molar-refractivity contribution in [1.29, 1.82) is 0 Å². The number of esters is 1. The van der Waals surface area contributed by atoms with E-state index in [2.05, 4.69) is 13.5 Å². The lowest BCUT2D eigenvalue weighted by molar-refractivity contribution is -0.199. The SMILES string of the molecule is C=C(COC)C(=O)OC1(C)C2CC3CC(C2)CC1C3. The predicted molar refractivity (Wildman–Crippen MR) is 72.6 cm³/mol. The van der Waals surface area contributed by atoms with Crippen LogP contribution in [0.15, 0.2) is 12.2 Å². The molecule has 0 heterocycles. The first-order chi connectivity index (χ1) is 9.03. The summed E-state index contributed by atoms with van der Waals surface area (Å²) in [6, 6.07) is 0. The molecule has 4 saturated carbocycles. The highest BCUT2D eigenvalue weighted by Crippen LogP contribution is 2.59. The van der Waals surface area contributed by atoms with E-state index in [1.54, 1.807) is 7.11 Å². The van der Waals surface area contributed by atoms with Crippen molar-refractivity contribution in [2.24, 2.45) is 23.7 Å². The number of rotatable bonds is 4. The van der Waals surface area contributed by atoms with E-state index in [0.29, 0.717) is 17.4 Å². The molecule has 0 aromatic rings. The zero-order valence-corrected chi connectivity index (χ0v) is 12.0. The normalized spacial score (nSPS) is 43.3. The molecule has 19 heavy (non-hydrogen) atoms. The monoisotopic (exact) mass is 264 g/mol. The molecule has 0 saturated heterocycles. The molecule has 3 nitrogen and oxygen atoms in total. The van der Waals surface area contributed by atoms with E-state index in [9.17, 15) is 4.79 Å². The zero-order chi connectivity index (χ0) is 13.6. The summed E-state index contributed by atoms with van der Waals surface area (Å²) in [5.41, 5.74) is 0.166. The average Bonchev–Trinajstić information content (AvgIpc) is 2.35. The minimum atomic E-state index is -0.267. The first-order valence-corrected chi connectivity index (χ1v) is 7.43. The summed E-state index contributed by atoms with van der Waals surface area (Å²) >= 11 is 0. The maximum atomic E-state index is 12.1. The van der Waals surface area contributed by atoms with Crippen LogP contribution in [0.3, 0.4) is 0 Å². The van der Waals surface area contributed by atoms with Gasteiger partial charge in [-0.05, 0) is 62.7 Å². The van der Waals surface area contributed by atoms with Crippen molar-refractivity contribution in [1.82, 2.24) is 0 Å². The molecule has 0 radical (unpaired) electrons. The predicted octanol–water partition coefficient (Wildman–Crippen LogP) is 2.95. The van der Waals surface area contributed by atoms with Gasteiger partial charge in [0.2, 0.25) is 0 Å². The van der Waals surface area contributed by atoms with Crippen molar-refractivity contribution in [2.75, 3.05) is 13.7 Å². The van der Waals surface area contributed by atoms with Crippen molar-refractivity contribution in [3.05, 3.63) is 12.2 Å². The molecule has 0 spiro atoms. The van der Waals surface area contributed by atoms with Crippen molar-refractivity contribution < 1.29 is 14.3 Å². The lowest BCUT2D eigenvalue weighted by Crippen LogP contribution is -2.58. The smallest absolute Gasteiger partial charge is 0.336 e. The fourth-order valence-corrected chi connectivity index (χ4v) is 4.79. The first kappa shape index (κ1) is 13.2. The molecule has 4 rings (SSSR count). The van der Waals surface area contributed by atoms with Crippen LogP contribution in [0.4, 0.5) is 0 Å². The summed E-state index contributed by atoms with van der Waals surface area (Å²) < 4.78 is 10.9. The molecule has 106 valence electrons. The number of ether oxygens (including phenoxy) is 2. The van der Waals surface area contributed by atoms with Crippen LogP contribution in [0.2, 0.25) is 0 Å². The van der Waals surface area contributed by atoms with Gasteiger partial charge in [-0.3, -0.25) is 0 Å². The van der Waals surface area contributed by atoms with Gasteiger partial charge in [0.25, 0.3) is 0 Å². The van der Waals surface area contributed by atoms with Gasteiger partial charge in [0.1, 0.15) is 5.60 Å². The largest absolute Gasteiger partial charge is 0.455 e. The van der Waals surface area contributed by atoms with E-state index < -0.39 is 0 Å². The second-order valence-corrected chi connectivity index (χ2v) is 6.91. The van der Waals surface area contributed by atoms with Crippen molar-refractivity contribution in [3.63, 3.8) is 0 Å². The van der Waals surface area contributed by atoms with Gasteiger partial charge in [0.05, 0.1) is 12.2 Å². The molecular weight excluding hydrogens is 240 g/mol. The summed E-state index contributed by atoms with van der Waals surface area (Å²) in [7, 11) is 1.57. The molecule has 0 N–H and O–H groups in total.